The zero-order chi connectivity index (χ0) is 10.4. The van der Waals surface area contributed by atoms with Crippen LogP contribution in [0.4, 0.5) is 0 Å². The molecule has 3 heteroatoms. The third kappa shape index (κ3) is 3.49. The highest BCUT2D eigenvalue weighted by atomic mass is 32.1. The quantitative estimate of drug-likeness (QED) is 0.807. The lowest BCUT2D eigenvalue weighted by Crippen LogP contribution is -2.24. The molecule has 2 nitrogen and oxygen atoms in total. The Morgan fingerprint density at radius 3 is 3.00 bits per heavy atom. The summed E-state index contributed by atoms with van der Waals surface area (Å²) in [6.07, 6.45) is 2.42. The van der Waals surface area contributed by atoms with Gasteiger partial charge in [-0.1, -0.05) is 13.3 Å². The predicted molar refractivity (Wildman–Crippen MR) is 60.2 cm³/mol. The first-order valence-corrected chi connectivity index (χ1v) is 5.85. The van der Waals surface area contributed by atoms with Gasteiger partial charge in [0.25, 0.3) is 0 Å². The monoisotopic (exact) mass is 208 g/mol. The first-order valence-electron chi connectivity index (χ1n) is 4.97. The second-order valence-electron chi connectivity index (χ2n) is 3.48. The largest absolute Gasteiger partial charge is 0.309 e. The molecule has 1 N–H and O–H groups in total. The van der Waals surface area contributed by atoms with Crippen molar-refractivity contribution < 1.29 is 0 Å². The standard InChI is InChI=1S/C11H16N2S/c1-3-4-9(2)13-7-11-5-10(6-12)8-14-11/h5,8-9,13H,3-4,7H2,1-2H3. The van der Waals surface area contributed by atoms with E-state index in [1.165, 1.54) is 17.7 Å². The van der Waals surface area contributed by atoms with Crippen molar-refractivity contribution in [1.29, 1.82) is 5.26 Å². The lowest BCUT2D eigenvalue weighted by Gasteiger charge is -2.10. The van der Waals surface area contributed by atoms with Gasteiger partial charge < -0.3 is 5.32 Å². The fraction of sp³-hybridized carbons (Fsp3) is 0.545. The van der Waals surface area contributed by atoms with Crippen molar-refractivity contribution in [2.45, 2.75) is 39.3 Å². The maximum Gasteiger partial charge on any atom is 0.100 e. The normalized spacial score (nSPS) is 12.4. The van der Waals surface area contributed by atoms with Crippen molar-refractivity contribution in [2.24, 2.45) is 0 Å². The van der Waals surface area contributed by atoms with Gasteiger partial charge in [0.2, 0.25) is 0 Å². The molecule has 1 rings (SSSR count). The number of nitrogens with one attached hydrogen (secondary N) is 1. The Kier molecular flexibility index (Phi) is 4.64. The number of nitriles is 1. The van der Waals surface area contributed by atoms with Gasteiger partial charge >= 0.3 is 0 Å². The molecule has 0 aliphatic carbocycles. The Hall–Kier alpha value is -0.850. The fourth-order valence-electron chi connectivity index (χ4n) is 1.34. The molecule has 0 aliphatic heterocycles. The second-order valence-corrected chi connectivity index (χ2v) is 4.48. The molecule has 0 radical (unpaired) electrons. The van der Waals surface area contributed by atoms with Crippen molar-refractivity contribution >= 4 is 11.3 Å². The summed E-state index contributed by atoms with van der Waals surface area (Å²) >= 11 is 1.65. The molecule has 1 heterocycles. The molecule has 0 aliphatic rings. The van der Waals surface area contributed by atoms with Gasteiger partial charge in [-0.25, -0.2) is 0 Å². The molecule has 1 unspecified atom stereocenters. The van der Waals surface area contributed by atoms with E-state index in [1.807, 2.05) is 11.4 Å². The number of hydrogen-bond donors (Lipinski definition) is 1. The summed E-state index contributed by atoms with van der Waals surface area (Å²) in [4.78, 5) is 1.24. The molecule has 0 spiro atoms. The number of nitrogens with zero attached hydrogens (tertiary/aromatic N) is 1. The molecule has 0 amide bonds. The van der Waals surface area contributed by atoms with Crippen LogP contribution in [0.15, 0.2) is 11.4 Å². The van der Waals surface area contributed by atoms with E-state index in [0.29, 0.717) is 6.04 Å². The average Bonchev–Trinajstić information content (AvgIpc) is 2.63. The molecule has 0 bridgehead atoms. The van der Waals surface area contributed by atoms with E-state index in [2.05, 4.69) is 25.2 Å². The van der Waals surface area contributed by atoms with E-state index < -0.39 is 0 Å². The van der Waals surface area contributed by atoms with Crippen molar-refractivity contribution in [3.8, 4) is 6.07 Å². The molecule has 0 aromatic carbocycles. The van der Waals surface area contributed by atoms with Crippen LogP contribution < -0.4 is 5.32 Å². The molecule has 0 fully saturated rings. The summed E-state index contributed by atoms with van der Waals surface area (Å²) in [6, 6.07) is 4.66. The minimum atomic E-state index is 0.563. The van der Waals surface area contributed by atoms with Crippen LogP contribution >= 0.6 is 11.3 Å². The third-order valence-corrected chi connectivity index (χ3v) is 3.07. The van der Waals surface area contributed by atoms with Crippen LogP contribution in [0.2, 0.25) is 0 Å². The summed E-state index contributed by atoms with van der Waals surface area (Å²) in [7, 11) is 0. The summed E-state index contributed by atoms with van der Waals surface area (Å²) in [6.45, 7) is 5.27. The van der Waals surface area contributed by atoms with Gasteiger partial charge in [0.05, 0.1) is 5.56 Å². The lowest BCUT2D eigenvalue weighted by atomic mass is 10.2. The highest BCUT2D eigenvalue weighted by Crippen LogP contribution is 2.13. The van der Waals surface area contributed by atoms with Gasteiger partial charge in [-0.2, -0.15) is 5.26 Å². The van der Waals surface area contributed by atoms with E-state index in [0.717, 1.165) is 12.1 Å². The maximum atomic E-state index is 8.65. The Balaban J connectivity index is 2.35. The van der Waals surface area contributed by atoms with Crippen LogP contribution in [-0.2, 0) is 6.54 Å². The predicted octanol–water partition coefficient (Wildman–Crippen LogP) is 2.90. The Morgan fingerprint density at radius 2 is 2.43 bits per heavy atom. The molecule has 76 valence electrons. The van der Waals surface area contributed by atoms with Crippen molar-refractivity contribution in [3.63, 3.8) is 0 Å². The number of rotatable bonds is 5. The number of hydrogen-bond acceptors (Lipinski definition) is 3. The topological polar surface area (TPSA) is 35.8 Å². The van der Waals surface area contributed by atoms with Crippen LogP contribution in [-0.4, -0.2) is 6.04 Å². The Labute approximate surface area is 89.6 Å². The van der Waals surface area contributed by atoms with Gasteiger partial charge in [0.1, 0.15) is 6.07 Å². The zero-order valence-electron chi connectivity index (χ0n) is 8.71. The van der Waals surface area contributed by atoms with Crippen LogP contribution in [0.1, 0.15) is 37.1 Å². The second kappa shape index (κ2) is 5.79. The van der Waals surface area contributed by atoms with Crippen LogP contribution in [0.3, 0.4) is 0 Å². The van der Waals surface area contributed by atoms with Crippen LogP contribution in [0.25, 0.3) is 0 Å². The van der Waals surface area contributed by atoms with Crippen LogP contribution in [0.5, 0.6) is 0 Å². The zero-order valence-corrected chi connectivity index (χ0v) is 9.53. The van der Waals surface area contributed by atoms with Crippen molar-refractivity contribution in [3.05, 3.63) is 21.9 Å². The van der Waals surface area contributed by atoms with E-state index in [1.54, 1.807) is 11.3 Å². The van der Waals surface area contributed by atoms with E-state index in [4.69, 9.17) is 5.26 Å². The first kappa shape index (κ1) is 11.2. The minimum absolute atomic E-state index is 0.563. The van der Waals surface area contributed by atoms with E-state index in [-0.39, 0.29) is 0 Å². The molecule has 1 aromatic rings. The summed E-state index contributed by atoms with van der Waals surface area (Å²) < 4.78 is 0. The third-order valence-electron chi connectivity index (χ3n) is 2.13. The SMILES string of the molecule is CCCC(C)NCc1cc(C#N)cs1. The minimum Gasteiger partial charge on any atom is -0.309 e. The van der Waals surface area contributed by atoms with E-state index >= 15 is 0 Å². The van der Waals surface area contributed by atoms with Gasteiger partial charge in [0, 0.05) is 22.8 Å². The van der Waals surface area contributed by atoms with Gasteiger partial charge in [-0.15, -0.1) is 11.3 Å². The lowest BCUT2D eigenvalue weighted by molar-refractivity contribution is 0.511. The molecular formula is C11H16N2S. The molecule has 0 saturated carbocycles. The first-order chi connectivity index (χ1) is 6.76. The number of thiophene rings is 1. The van der Waals surface area contributed by atoms with Gasteiger partial charge in [0.15, 0.2) is 0 Å². The smallest absolute Gasteiger partial charge is 0.100 e. The Morgan fingerprint density at radius 1 is 1.64 bits per heavy atom. The van der Waals surface area contributed by atoms with Crippen LogP contribution in [0, 0.1) is 11.3 Å². The van der Waals surface area contributed by atoms with Crippen molar-refractivity contribution in [1.82, 2.24) is 5.32 Å². The summed E-state index contributed by atoms with van der Waals surface area (Å²) in [5.41, 5.74) is 0.773. The highest BCUT2D eigenvalue weighted by Gasteiger charge is 2.02. The van der Waals surface area contributed by atoms with Gasteiger partial charge in [-0.05, 0) is 19.4 Å². The highest BCUT2D eigenvalue weighted by molar-refractivity contribution is 7.10. The van der Waals surface area contributed by atoms with E-state index in [9.17, 15) is 0 Å². The average molecular weight is 208 g/mol. The van der Waals surface area contributed by atoms with Crippen molar-refractivity contribution in [2.75, 3.05) is 0 Å². The summed E-state index contributed by atoms with van der Waals surface area (Å²) in [5.74, 6) is 0. The molecular weight excluding hydrogens is 192 g/mol. The van der Waals surface area contributed by atoms with Gasteiger partial charge in [-0.3, -0.25) is 0 Å². The molecule has 0 saturated heterocycles. The summed E-state index contributed by atoms with van der Waals surface area (Å²) in [5, 5.41) is 14.0. The molecule has 1 aromatic heterocycles. The molecule has 14 heavy (non-hydrogen) atoms. The fourth-order valence-corrected chi connectivity index (χ4v) is 2.10. The Bertz CT molecular complexity index is 311. The maximum absolute atomic E-state index is 8.65. The molecule has 1 atom stereocenters.